The summed E-state index contributed by atoms with van der Waals surface area (Å²) in [6.45, 7) is 15.7. The van der Waals surface area contributed by atoms with Gasteiger partial charge in [0.15, 0.2) is 12.4 Å². The average molecular weight is 351 g/mol. The van der Waals surface area contributed by atoms with Crippen molar-refractivity contribution < 1.29 is 30.0 Å². The maximum absolute atomic E-state index is 11.2. The number of hydrogen-bond donors (Lipinski definition) is 8. The molecule has 0 aromatic heterocycles. The fraction of sp³-hybridized carbons (Fsp3) is 0.500. The minimum absolute atomic E-state index is 0.0376. The number of aliphatic hydroxyl groups excluding tert-OH is 4. The number of rotatable bonds is 7. The number of carbonyl (C=O) groups excluding carboxylic acids is 2. The Bertz CT molecular complexity index is 307. The quantitative estimate of drug-likeness (QED) is 0.129. The molecule has 0 aliphatic rings. The summed E-state index contributed by atoms with van der Waals surface area (Å²) in [5, 5.41) is 38.7. The van der Waals surface area contributed by atoms with Gasteiger partial charge in [0.25, 0.3) is 5.91 Å². The Morgan fingerprint density at radius 2 is 1.42 bits per heavy atom. The Morgan fingerprint density at radius 3 is 1.71 bits per heavy atom. The van der Waals surface area contributed by atoms with E-state index in [-0.39, 0.29) is 12.8 Å². The molecule has 143 valence electrons. The number of amides is 1. The average Bonchev–Trinajstić information content (AvgIpc) is 2.62. The molecular weight excluding hydrogens is 320 g/mol. The molecule has 0 bridgehead atoms. The van der Waals surface area contributed by atoms with Crippen molar-refractivity contribution in [2.24, 2.45) is 17.2 Å². The molecule has 5 atom stereocenters. The molecule has 0 aliphatic heterocycles. The van der Waals surface area contributed by atoms with Crippen LogP contribution in [-0.2, 0) is 9.59 Å². The highest BCUT2D eigenvalue weighted by Gasteiger charge is 2.34. The van der Waals surface area contributed by atoms with Crippen LogP contribution in [0.1, 0.15) is 0 Å². The summed E-state index contributed by atoms with van der Waals surface area (Å²) >= 11 is 0. The lowest BCUT2D eigenvalue weighted by Gasteiger charge is -2.24. The fourth-order valence-electron chi connectivity index (χ4n) is 0.951. The molecule has 0 saturated heterocycles. The molecule has 1 radical (unpaired) electrons. The molecule has 0 spiro atoms. The molecule has 0 saturated carbocycles. The standard InChI is InChI=1S/C8H17N3O6.C2H6N.2C2H4/c9-1-4(10)11-8(17)7(16)6(15)5(14)3(13)2-12;1-2-3;2*1-2/h2-7,13-16H,1,9-10H2,(H,11,17);1-3H2;2*1-2H2/t3-,4?,5-,6+,7-;;;/m1.../s1. The van der Waals surface area contributed by atoms with Gasteiger partial charge in [0.1, 0.15) is 18.3 Å². The van der Waals surface area contributed by atoms with Crippen LogP contribution in [0, 0.1) is 6.92 Å². The maximum Gasteiger partial charge on any atom is 0.252 e. The van der Waals surface area contributed by atoms with E-state index in [4.69, 9.17) is 27.4 Å². The van der Waals surface area contributed by atoms with Crippen LogP contribution in [-0.4, -0.2) is 76.3 Å². The fourth-order valence-corrected chi connectivity index (χ4v) is 0.951. The van der Waals surface area contributed by atoms with Crippen LogP contribution in [0.4, 0.5) is 0 Å². The van der Waals surface area contributed by atoms with Gasteiger partial charge in [-0.25, -0.2) is 0 Å². The van der Waals surface area contributed by atoms with Crippen LogP contribution in [0.3, 0.4) is 0 Å². The largest absolute Gasteiger partial charge is 0.387 e. The second-order valence-corrected chi connectivity index (χ2v) is 3.69. The molecule has 0 fully saturated rings. The number of carbonyl (C=O) groups is 2. The smallest absolute Gasteiger partial charge is 0.252 e. The summed E-state index contributed by atoms with van der Waals surface area (Å²) in [5.41, 5.74) is 15.1. The van der Waals surface area contributed by atoms with Crippen molar-refractivity contribution in [2.75, 3.05) is 13.1 Å². The minimum atomic E-state index is -2.04. The molecule has 1 unspecified atom stereocenters. The molecular formula is C14H31N4O6. The number of aliphatic hydroxyl groups is 4. The Labute approximate surface area is 142 Å². The second kappa shape index (κ2) is 21.3. The third kappa shape index (κ3) is 15.2. The van der Waals surface area contributed by atoms with Crippen LogP contribution in [0.2, 0.25) is 0 Å². The van der Waals surface area contributed by atoms with Crippen LogP contribution < -0.4 is 22.5 Å². The van der Waals surface area contributed by atoms with Gasteiger partial charge in [-0.05, 0) is 13.5 Å². The van der Waals surface area contributed by atoms with E-state index in [1.54, 1.807) is 0 Å². The van der Waals surface area contributed by atoms with Gasteiger partial charge in [0, 0.05) is 6.54 Å². The third-order valence-electron chi connectivity index (χ3n) is 2.01. The number of aldehydes is 1. The first-order valence-electron chi connectivity index (χ1n) is 6.69. The van der Waals surface area contributed by atoms with Crippen LogP contribution >= 0.6 is 0 Å². The van der Waals surface area contributed by atoms with E-state index >= 15 is 0 Å². The number of nitrogens with two attached hydrogens (primary N) is 3. The zero-order valence-electron chi connectivity index (χ0n) is 13.8. The molecule has 1 amide bonds. The van der Waals surface area contributed by atoms with Crippen molar-refractivity contribution in [3.63, 3.8) is 0 Å². The van der Waals surface area contributed by atoms with Crippen molar-refractivity contribution in [3.05, 3.63) is 33.2 Å². The summed E-state index contributed by atoms with van der Waals surface area (Å²) in [7, 11) is 0. The topological polar surface area (TPSA) is 205 Å². The van der Waals surface area contributed by atoms with E-state index in [1.165, 1.54) is 0 Å². The highest BCUT2D eigenvalue weighted by molar-refractivity contribution is 5.81. The molecule has 10 nitrogen and oxygen atoms in total. The zero-order valence-corrected chi connectivity index (χ0v) is 13.8. The van der Waals surface area contributed by atoms with Gasteiger partial charge in [-0.2, -0.15) is 0 Å². The molecule has 10 heteroatoms. The molecule has 0 heterocycles. The lowest BCUT2D eigenvalue weighted by atomic mass is 10.0. The van der Waals surface area contributed by atoms with Gasteiger partial charge in [-0.3, -0.25) is 4.79 Å². The monoisotopic (exact) mass is 351 g/mol. The van der Waals surface area contributed by atoms with Gasteiger partial charge < -0.3 is 47.7 Å². The van der Waals surface area contributed by atoms with E-state index in [0.717, 1.165) is 0 Å². The van der Waals surface area contributed by atoms with Crippen molar-refractivity contribution in [1.82, 2.24) is 5.32 Å². The van der Waals surface area contributed by atoms with Crippen LogP contribution in [0.5, 0.6) is 0 Å². The molecule has 0 aromatic rings. The summed E-state index contributed by atoms with van der Waals surface area (Å²) in [4.78, 5) is 21.4. The number of hydrogen-bond acceptors (Lipinski definition) is 9. The Hall–Kier alpha value is -1.66. The summed E-state index contributed by atoms with van der Waals surface area (Å²) in [5.74, 6) is -1.08. The van der Waals surface area contributed by atoms with Gasteiger partial charge in [0.05, 0.1) is 6.17 Å². The molecule has 24 heavy (non-hydrogen) atoms. The summed E-state index contributed by atoms with van der Waals surface area (Å²) in [6, 6.07) is 0. The third-order valence-corrected chi connectivity index (χ3v) is 2.01. The predicted molar refractivity (Wildman–Crippen MR) is 92.2 cm³/mol. The highest BCUT2D eigenvalue weighted by atomic mass is 16.4. The summed E-state index contributed by atoms with van der Waals surface area (Å²) in [6.07, 6.45) is -8.92. The lowest BCUT2D eigenvalue weighted by molar-refractivity contribution is -0.150. The molecule has 0 rings (SSSR count). The van der Waals surface area contributed by atoms with Crippen molar-refractivity contribution in [3.8, 4) is 0 Å². The first-order chi connectivity index (χ1) is 11.3. The van der Waals surface area contributed by atoms with E-state index in [2.05, 4.69) is 33.2 Å². The molecule has 11 N–H and O–H groups in total. The SMILES string of the molecule is C=C.C=C.NCC(N)NC(=O)[C@H](O)[C@@H](O)[C@H](O)[C@H](O)C=O.[CH2]CN. The predicted octanol–water partition coefficient (Wildman–Crippen LogP) is -3.63. The van der Waals surface area contributed by atoms with Gasteiger partial charge >= 0.3 is 0 Å². The first-order valence-corrected chi connectivity index (χ1v) is 6.69. The number of nitrogens with one attached hydrogen (secondary N) is 1. The maximum atomic E-state index is 11.2. The zero-order chi connectivity index (χ0) is 20.3. The molecule has 0 aliphatic carbocycles. The highest BCUT2D eigenvalue weighted by Crippen LogP contribution is 2.04. The van der Waals surface area contributed by atoms with Crippen LogP contribution in [0.15, 0.2) is 26.3 Å². The van der Waals surface area contributed by atoms with Crippen molar-refractivity contribution in [2.45, 2.75) is 30.6 Å². The van der Waals surface area contributed by atoms with Gasteiger partial charge in [-0.15, -0.1) is 26.3 Å². The lowest BCUT2D eigenvalue weighted by Crippen LogP contribution is -2.55. The van der Waals surface area contributed by atoms with Crippen molar-refractivity contribution in [1.29, 1.82) is 0 Å². The molecule has 0 aromatic carbocycles. The van der Waals surface area contributed by atoms with Crippen molar-refractivity contribution >= 4 is 12.2 Å². The Kier molecular flexibility index (Phi) is 26.9. The summed E-state index contributed by atoms with van der Waals surface area (Å²) < 4.78 is 0. The van der Waals surface area contributed by atoms with Crippen LogP contribution in [0.25, 0.3) is 0 Å². The normalized spacial score (nSPS) is 15.2. The van der Waals surface area contributed by atoms with E-state index < -0.39 is 36.5 Å². The van der Waals surface area contributed by atoms with E-state index in [1.807, 2.05) is 5.32 Å². The van der Waals surface area contributed by atoms with Gasteiger partial charge in [-0.1, -0.05) is 0 Å². The van der Waals surface area contributed by atoms with E-state index in [0.29, 0.717) is 6.54 Å². The second-order valence-electron chi connectivity index (χ2n) is 3.69. The van der Waals surface area contributed by atoms with Gasteiger partial charge in [0.2, 0.25) is 0 Å². The first kappa shape index (κ1) is 30.2. The van der Waals surface area contributed by atoms with E-state index in [9.17, 15) is 19.8 Å². The Morgan fingerprint density at radius 1 is 1.04 bits per heavy atom. The minimum Gasteiger partial charge on any atom is -0.387 e. The Balaban J connectivity index is -0.000000247.